The van der Waals surface area contributed by atoms with Crippen LogP contribution in [0.2, 0.25) is 0 Å². The normalized spacial score (nSPS) is 14.4. The monoisotopic (exact) mass is 423 g/mol. The first kappa shape index (κ1) is 21.6. The molecular formula is C21H21F4N3O2. The highest BCUT2D eigenvalue weighted by molar-refractivity contribution is 6.07. The molecule has 0 unspecified atom stereocenters. The third-order valence-electron chi connectivity index (χ3n) is 4.81. The second-order valence-corrected chi connectivity index (χ2v) is 7.11. The SMILES string of the molecule is CC(=O)Nc1cc(C(=O)Nc2cc(C(F)(F)F)ccc2N2CCCCC2)ccc1F. The highest BCUT2D eigenvalue weighted by Gasteiger charge is 2.32. The average molecular weight is 423 g/mol. The predicted octanol–water partition coefficient (Wildman–Crippen LogP) is 5.05. The van der Waals surface area contributed by atoms with Crippen LogP contribution in [0.15, 0.2) is 36.4 Å². The minimum Gasteiger partial charge on any atom is -0.370 e. The Labute approximate surface area is 171 Å². The fourth-order valence-electron chi connectivity index (χ4n) is 3.37. The van der Waals surface area contributed by atoms with E-state index in [1.54, 1.807) is 0 Å². The number of alkyl halides is 3. The van der Waals surface area contributed by atoms with Gasteiger partial charge in [-0.3, -0.25) is 9.59 Å². The minimum absolute atomic E-state index is 0.00200. The van der Waals surface area contributed by atoms with Crippen molar-refractivity contribution in [2.75, 3.05) is 28.6 Å². The van der Waals surface area contributed by atoms with Crippen molar-refractivity contribution in [3.05, 3.63) is 53.3 Å². The summed E-state index contributed by atoms with van der Waals surface area (Å²) in [6.45, 7) is 2.55. The van der Waals surface area contributed by atoms with Crippen molar-refractivity contribution in [3.8, 4) is 0 Å². The second-order valence-electron chi connectivity index (χ2n) is 7.11. The van der Waals surface area contributed by atoms with E-state index in [4.69, 9.17) is 0 Å². The van der Waals surface area contributed by atoms with Gasteiger partial charge in [-0.25, -0.2) is 4.39 Å². The van der Waals surface area contributed by atoms with E-state index in [2.05, 4.69) is 10.6 Å². The molecule has 1 aliphatic heterocycles. The number of carbonyl (C=O) groups excluding carboxylic acids is 2. The number of amides is 2. The summed E-state index contributed by atoms with van der Waals surface area (Å²) in [5.41, 5.74) is -0.531. The third kappa shape index (κ3) is 5.08. The summed E-state index contributed by atoms with van der Waals surface area (Å²) in [6, 6.07) is 6.60. The largest absolute Gasteiger partial charge is 0.416 e. The molecule has 2 aromatic carbocycles. The third-order valence-corrected chi connectivity index (χ3v) is 4.81. The quantitative estimate of drug-likeness (QED) is 0.677. The van der Waals surface area contributed by atoms with Crippen molar-refractivity contribution < 1.29 is 27.2 Å². The van der Waals surface area contributed by atoms with Gasteiger partial charge in [-0.1, -0.05) is 0 Å². The lowest BCUT2D eigenvalue weighted by Crippen LogP contribution is -2.30. The molecule has 2 aromatic rings. The molecule has 0 bridgehead atoms. The van der Waals surface area contributed by atoms with Crippen molar-refractivity contribution in [2.24, 2.45) is 0 Å². The number of anilines is 3. The predicted molar refractivity (Wildman–Crippen MR) is 106 cm³/mol. The molecule has 0 saturated carbocycles. The Morgan fingerprint density at radius 2 is 1.63 bits per heavy atom. The van der Waals surface area contributed by atoms with Gasteiger partial charge in [0.1, 0.15) is 5.82 Å². The Morgan fingerprint density at radius 3 is 2.27 bits per heavy atom. The number of hydrogen-bond acceptors (Lipinski definition) is 3. The summed E-state index contributed by atoms with van der Waals surface area (Å²) in [6.07, 6.45) is -1.70. The Bertz CT molecular complexity index is 954. The Hall–Kier alpha value is -3.10. The van der Waals surface area contributed by atoms with E-state index in [0.29, 0.717) is 18.8 Å². The van der Waals surface area contributed by atoms with Gasteiger partial charge in [0, 0.05) is 25.6 Å². The number of hydrogen-bond donors (Lipinski definition) is 2. The van der Waals surface area contributed by atoms with Crippen molar-refractivity contribution in [3.63, 3.8) is 0 Å². The lowest BCUT2D eigenvalue weighted by molar-refractivity contribution is -0.137. The number of rotatable bonds is 4. The molecular weight excluding hydrogens is 402 g/mol. The van der Waals surface area contributed by atoms with Crippen molar-refractivity contribution >= 4 is 28.9 Å². The maximum Gasteiger partial charge on any atom is 0.416 e. The first-order valence-corrected chi connectivity index (χ1v) is 9.50. The Morgan fingerprint density at radius 1 is 0.933 bits per heavy atom. The van der Waals surface area contributed by atoms with Crippen molar-refractivity contribution in [1.29, 1.82) is 0 Å². The maximum atomic E-state index is 13.8. The van der Waals surface area contributed by atoms with Crippen molar-refractivity contribution in [2.45, 2.75) is 32.4 Å². The molecule has 0 aromatic heterocycles. The molecule has 1 fully saturated rings. The van der Waals surface area contributed by atoms with Gasteiger partial charge in [0.2, 0.25) is 5.91 Å². The van der Waals surface area contributed by atoms with Gasteiger partial charge >= 0.3 is 6.18 Å². The highest BCUT2D eigenvalue weighted by atomic mass is 19.4. The van der Waals surface area contributed by atoms with E-state index in [-0.39, 0.29) is 16.9 Å². The smallest absolute Gasteiger partial charge is 0.370 e. The van der Waals surface area contributed by atoms with Crippen LogP contribution < -0.4 is 15.5 Å². The van der Waals surface area contributed by atoms with E-state index >= 15 is 0 Å². The van der Waals surface area contributed by atoms with E-state index in [1.807, 2.05) is 4.90 Å². The molecule has 0 aliphatic carbocycles. The molecule has 1 saturated heterocycles. The topological polar surface area (TPSA) is 61.4 Å². The first-order valence-electron chi connectivity index (χ1n) is 9.50. The Kier molecular flexibility index (Phi) is 6.28. The van der Waals surface area contributed by atoms with Gasteiger partial charge in [0.15, 0.2) is 0 Å². The van der Waals surface area contributed by atoms with Crippen LogP contribution in [0.25, 0.3) is 0 Å². The zero-order valence-corrected chi connectivity index (χ0v) is 16.3. The summed E-state index contributed by atoms with van der Waals surface area (Å²) < 4.78 is 53.5. The fourth-order valence-corrected chi connectivity index (χ4v) is 3.37. The number of piperidine rings is 1. The van der Waals surface area contributed by atoms with Gasteiger partial charge in [0.25, 0.3) is 5.91 Å². The summed E-state index contributed by atoms with van der Waals surface area (Å²) in [4.78, 5) is 25.8. The number of benzene rings is 2. The molecule has 0 atom stereocenters. The van der Waals surface area contributed by atoms with Crippen LogP contribution in [0, 0.1) is 5.82 Å². The molecule has 160 valence electrons. The van der Waals surface area contributed by atoms with E-state index in [0.717, 1.165) is 43.5 Å². The summed E-state index contributed by atoms with van der Waals surface area (Å²) in [7, 11) is 0. The van der Waals surface area contributed by atoms with Crippen LogP contribution in [0.1, 0.15) is 42.1 Å². The molecule has 5 nitrogen and oxygen atoms in total. The number of nitrogens with zero attached hydrogens (tertiary/aromatic N) is 1. The average Bonchev–Trinajstić information content (AvgIpc) is 2.69. The molecule has 2 N–H and O–H groups in total. The van der Waals surface area contributed by atoms with Gasteiger partial charge in [-0.05, 0) is 55.7 Å². The van der Waals surface area contributed by atoms with Crippen LogP contribution in [0.3, 0.4) is 0 Å². The fraction of sp³-hybridized carbons (Fsp3) is 0.333. The second kappa shape index (κ2) is 8.73. The molecule has 2 amide bonds. The van der Waals surface area contributed by atoms with Gasteiger partial charge in [-0.2, -0.15) is 13.2 Å². The molecule has 0 spiro atoms. The van der Waals surface area contributed by atoms with Gasteiger partial charge in [0.05, 0.1) is 22.6 Å². The molecule has 9 heteroatoms. The van der Waals surface area contributed by atoms with Crippen molar-refractivity contribution in [1.82, 2.24) is 0 Å². The van der Waals surface area contributed by atoms with Gasteiger partial charge < -0.3 is 15.5 Å². The van der Waals surface area contributed by atoms with Crippen LogP contribution >= 0.6 is 0 Å². The summed E-state index contributed by atoms with van der Waals surface area (Å²) >= 11 is 0. The number of carbonyl (C=O) groups is 2. The number of halogens is 4. The lowest BCUT2D eigenvalue weighted by Gasteiger charge is -2.31. The minimum atomic E-state index is -4.56. The zero-order valence-electron chi connectivity index (χ0n) is 16.3. The Balaban J connectivity index is 1.93. The van der Waals surface area contributed by atoms with E-state index in [1.165, 1.54) is 19.1 Å². The molecule has 30 heavy (non-hydrogen) atoms. The van der Waals surface area contributed by atoms with Crippen LogP contribution in [0.4, 0.5) is 34.6 Å². The lowest BCUT2D eigenvalue weighted by atomic mass is 10.1. The highest BCUT2D eigenvalue weighted by Crippen LogP contribution is 2.36. The standard InChI is InChI=1S/C21H21F4N3O2/c1-13(29)26-17-11-14(5-7-16(17)22)20(30)27-18-12-15(21(23,24)25)6-8-19(18)28-9-3-2-4-10-28/h5-8,11-12H,2-4,9-10H2,1H3,(H,26,29)(H,27,30). The van der Waals surface area contributed by atoms with Gasteiger partial charge in [-0.15, -0.1) is 0 Å². The van der Waals surface area contributed by atoms with E-state index in [9.17, 15) is 27.2 Å². The molecule has 1 aliphatic rings. The van der Waals surface area contributed by atoms with E-state index < -0.39 is 29.4 Å². The summed E-state index contributed by atoms with van der Waals surface area (Å²) in [5, 5.41) is 4.79. The molecule has 0 radical (unpaired) electrons. The van der Waals surface area contributed by atoms with Crippen LogP contribution in [-0.4, -0.2) is 24.9 Å². The molecule has 3 rings (SSSR count). The molecule has 1 heterocycles. The first-order chi connectivity index (χ1) is 14.1. The zero-order chi connectivity index (χ0) is 21.9. The van der Waals surface area contributed by atoms with Crippen LogP contribution in [-0.2, 0) is 11.0 Å². The maximum absolute atomic E-state index is 13.8. The van der Waals surface area contributed by atoms with Crippen LogP contribution in [0.5, 0.6) is 0 Å². The summed E-state index contributed by atoms with van der Waals surface area (Å²) in [5.74, 6) is -1.95. The number of nitrogens with one attached hydrogen (secondary N) is 2.